The number of hydrogen-bond acceptors (Lipinski definition) is 3. The number of benzene rings is 2. The van der Waals surface area contributed by atoms with E-state index in [9.17, 15) is 4.79 Å². The highest BCUT2D eigenvalue weighted by Gasteiger charge is 2.40. The first-order valence-electron chi connectivity index (χ1n) is 9.59. The fraction of sp³-hybridized carbons (Fsp3) is 0.364. The van der Waals surface area contributed by atoms with Crippen molar-refractivity contribution in [1.82, 2.24) is 0 Å². The highest BCUT2D eigenvalue weighted by atomic mass is 79.9. The fourth-order valence-electron chi connectivity index (χ4n) is 4.41. The summed E-state index contributed by atoms with van der Waals surface area (Å²) in [6.45, 7) is 1.69. The second kappa shape index (κ2) is 7.85. The molecule has 1 N–H and O–H groups in total. The average molecular weight is 426 g/mol. The topological polar surface area (TPSA) is 44.7 Å². The number of hydrogen-bond donors (Lipinski definition) is 1. The van der Waals surface area contributed by atoms with Gasteiger partial charge in [-0.15, -0.1) is 0 Å². The molecule has 2 aromatic rings. The molecule has 4 nitrogen and oxygen atoms in total. The molecule has 1 heterocycles. The largest absolute Gasteiger partial charge is 0.309 e. The first-order valence-corrected chi connectivity index (χ1v) is 10.4. The molecule has 2 atom stereocenters. The predicted molar refractivity (Wildman–Crippen MR) is 114 cm³/mol. The summed E-state index contributed by atoms with van der Waals surface area (Å²) in [5.74, 6) is 0.560. The molecule has 1 amide bonds. The normalized spacial score (nSPS) is 23.3. The zero-order valence-electron chi connectivity index (χ0n) is 15.5. The number of para-hydroxylation sites is 1. The van der Waals surface area contributed by atoms with Crippen molar-refractivity contribution in [2.45, 2.75) is 51.0 Å². The lowest BCUT2D eigenvalue weighted by Gasteiger charge is -2.30. The van der Waals surface area contributed by atoms with Gasteiger partial charge in [0.1, 0.15) is 0 Å². The van der Waals surface area contributed by atoms with E-state index in [0.717, 1.165) is 48.0 Å². The van der Waals surface area contributed by atoms with E-state index in [0.29, 0.717) is 12.0 Å². The summed E-state index contributed by atoms with van der Waals surface area (Å²) in [5, 5.41) is 4.68. The zero-order valence-corrected chi connectivity index (χ0v) is 17.1. The maximum atomic E-state index is 12.3. The van der Waals surface area contributed by atoms with Crippen LogP contribution in [-0.2, 0) is 4.79 Å². The molecule has 0 radical (unpaired) electrons. The monoisotopic (exact) mass is 425 g/mol. The molecule has 0 saturated heterocycles. The Morgan fingerprint density at radius 3 is 2.67 bits per heavy atom. The van der Waals surface area contributed by atoms with Crippen LogP contribution in [0.3, 0.4) is 0 Å². The summed E-state index contributed by atoms with van der Waals surface area (Å²) in [6.07, 6.45) is 5.06. The van der Waals surface area contributed by atoms with Crippen LogP contribution in [0.5, 0.6) is 0 Å². The van der Waals surface area contributed by atoms with Crippen LogP contribution in [0.4, 0.5) is 11.4 Å². The quantitative estimate of drug-likeness (QED) is 0.626. The highest BCUT2D eigenvalue weighted by Crippen LogP contribution is 2.46. The van der Waals surface area contributed by atoms with Crippen LogP contribution in [0.1, 0.15) is 50.5 Å². The Labute approximate surface area is 168 Å². The van der Waals surface area contributed by atoms with Crippen LogP contribution < -0.4 is 10.3 Å². The standard InChI is InChI=1S/C22H24BrN3O/c1-15(27)26-21-7-3-2-6-19(21)20-14-13-17(5-4-8-22(20)26)24-25-18-11-9-16(23)10-12-18/h2-3,6-7,9-12,20,22,25H,4-5,8,13-14H2,1H3. The molecule has 5 heteroatoms. The average Bonchev–Trinajstić information content (AvgIpc) is 2.95. The number of nitrogens with one attached hydrogen (secondary N) is 1. The van der Waals surface area contributed by atoms with Gasteiger partial charge in [-0.05, 0) is 68.0 Å². The van der Waals surface area contributed by atoms with Crippen LogP contribution >= 0.6 is 15.9 Å². The Hall–Kier alpha value is -2.14. The van der Waals surface area contributed by atoms with E-state index in [2.05, 4.69) is 44.7 Å². The van der Waals surface area contributed by atoms with Gasteiger partial charge in [0.05, 0.1) is 5.69 Å². The number of amides is 1. The predicted octanol–water partition coefficient (Wildman–Crippen LogP) is 5.70. The van der Waals surface area contributed by atoms with Gasteiger partial charge in [-0.25, -0.2) is 0 Å². The Morgan fingerprint density at radius 2 is 1.89 bits per heavy atom. The van der Waals surface area contributed by atoms with Gasteiger partial charge in [0.25, 0.3) is 0 Å². The Morgan fingerprint density at radius 1 is 1.11 bits per heavy atom. The number of hydrazone groups is 1. The Balaban J connectivity index is 1.51. The van der Waals surface area contributed by atoms with Crippen molar-refractivity contribution < 1.29 is 4.79 Å². The minimum atomic E-state index is 0.154. The summed E-state index contributed by atoms with van der Waals surface area (Å²) >= 11 is 3.45. The summed E-state index contributed by atoms with van der Waals surface area (Å²) in [6, 6.07) is 16.7. The lowest BCUT2D eigenvalue weighted by molar-refractivity contribution is -0.117. The second-order valence-corrected chi connectivity index (χ2v) is 8.26. The van der Waals surface area contributed by atoms with E-state index >= 15 is 0 Å². The van der Waals surface area contributed by atoms with Gasteiger partial charge in [-0.1, -0.05) is 34.1 Å². The number of fused-ring (bicyclic) bond motifs is 3. The third-order valence-corrected chi connectivity index (χ3v) is 6.16. The fourth-order valence-corrected chi connectivity index (χ4v) is 4.67. The molecule has 4 rings (SSSR count). The SMILES string of the molecule is CC(=O)N1c2ccccc2C2CCC(=NNc3ccc(Br)cc3)CCCC21. The summed E-state index contributed by atoms with van der Waals surface area (Å²) in [7, 11) is 0. The Kier molecular flexibility index (Phi) is 5.30. The highest BCUT2D eigenvalue weighted by molar-refractivity contribution is 9.10. The summed E-state index contributed by atoms with van der Waals surface area (Å²) in [5.41, 5.74) is 7.84. The number of rotatable bonds is 2. The smallest absolute Gasteiger partial charge is 0.224 e. The van der Waals surface area contributed by atoms with Crippen molar-refractivity contribution in [3.8, 4) is 0 Å². The first-order chi connectivity index (χ1) is 13.1. The second-order valence-electron chi connectivity index (χ2n) is 7.35. The minimum absolute atomic E-state index is 0.154. The van der Waals surface area contributed by atoms with E-state index in [1.807, 2.05) is 35.2 Å². The molecule has 1 aliphatic carbocycles. The van der Waals surface area contributed by atoms with Crippen LogP contribution in [0, 0.1) is 0 Å². The van der Waals surface area contributed by atoms with E-state index in [-0.39, 0.29) is 5.91 Å². The number of anilines is 2. The third kappa shape index (κ3) is 3.79. The number of carbonyl (C=O) groups excluding carboxylic acids is 1. The zero-order chi connectivity index (χ0) is 18.8. The number of nitrogens with zero attached hydrogens (tertiary/aromatic N) is 2. The van der Waals surface area contributed by atoms with Crippen LogP contribution in [0.25, 0.3) is 0 Å². The number of halogens is 1. The molecule has 2 aromatic carbocycles. The van der Waals surface area contributed by atoms with E-state index in [1.54, 1.807) is 6.92 Å². The van der Waals surface area contributed by atoms with Gasteiger partial charge in [-0.3, -0.25) is 10.2 Å². The molecule has 2 unspecified atom stereocenters. The molecule has 1 fully saturated rings. The molecule has 1 saturated carbocycles. The molecular formula is C22H24BrN3O. The summed E-state index contributed by atoms with van der Waals surface area (Å²) < 4.78 is 1.06. The van der Waals surface area contributed by atoms with Gasteiger partial charge in [0, 0.05) is 34.8 Å². The van der Waals surface area contributed by atoms with Crippen molar-refractivity contribution >= 4 is 38.9 Å². The number of carbonyl (C=O) groups is 1. The molecule has 1 aliphatic heterocycles. The molecular weight excluding hydrogens is 402 g/mol. The molecule has 0 bridgehead atoms. The first kappa shape index (κ1) is 18.2. The molecule has 0 aromatic heterocycles. The van der Waals surface area contributed by atoms with E-state index in [1.165, 1.54) is 11.3 Å². The molecule has 27 heavy (non-hydrogen) atoms. The van der Waals surface area contributed by atoms with Gasteiger partial charge < -0.3 is 4.90 Å². The maximum Gasteiger partial charge on any atom is 0.224 e. The third-order valence-electron chi connectivity index (χ3n) is 5.63. The maximum absolute atomic E-state index is 12.3. The lowest BCUT2D eigenvalue weighted by atomic mass is 9.84. The van der Waals surface area contributed by atoms with E-state index in [4.69, 9.17) is 0 Å². The molecule has 2 aliphatic rings. The minimum Gasteiger partial charge on any atom is -0.309 e. The Bertz CT molecular complexity index is 862. The van der Waals surface area contributed by atoms with Gasteiger partial charge in [0.15, 0.2) is 0 Å². The van der Waals surface area contributed by atoms with Crippen molar-refractivity contribution in [2.75, 3.05) is 10.3 Å². The van der Waals surface area contributed by atoms with Gasteiger partial charge in [-0.2, -0.15) is 5.10 Å². The molecule has 0 spiro atoms. The van der Waals surface area contributed by atoms with Crippen molar-refractivity contribution in [3.63, 3.8) is 0 Å². The van der Waals surface area contributed by atoms with Crippen molar-refractivity contribution in [1.29, 1.82) is 0 Å². The lowest BCUT2D eigenvalue weighted by Crippen LogP contribution is -2.38. The van der Waals surface area contributed by atoms with Crippen molar-refractivity contribution in [3.05, 3.63) is 58.6 Å². The van der Waals surface area contributed by atoms with Gasteiger partial charge >= 0.3 is 0 Å². The van der Waals surface area contributed by atoms with Crippen molar-refractivity contribution in [2.24, 2.45) is 5.10 Å². The van der Waals surface area contributed by atoms with Gasteiger partial charge in [0.2, 0.25) is 5.91 Å². The summed E-state index contributed by atoms with van der Waals surface area (Å²) in [4.78, 5) is 14.3. The molecule has 140 valence electrons. The van der Waals surface area contributed by atoms with E-state index < -0.39 is 0 Å². The van der Waals surface area contributed by atoms with Crippen LogP contribution in [0.2, 0.25) is 0 Å². The van der Waals surface area contributed by atoms with Crippen LogP contribution in [0.15, 0.2) is 58.1 Å². The van der Waals surface area contributed by atoms with Crippen LogP contribution in [-0.4, -0.2) is 17.7 Å².